The molecular formula is C28H23BrF3N3O5S. The van der Waals surface area contributed by atoms with Crippen molar-refractivity contribution in [2.45, 2.75) is 42.9 Å². The highest BCUT2D eigenvalue weighted by atomic mass is 79.9. The summed E-state index contributed by atoms with van der Waals surface area (Å²) in [6.07, 6.45) is -5.80. The molecule has 214 valence electrons. The summed E-state index contributed by atoms with van der Waals surface area (Å²) in [5.41, 5.74) is 1.50. The van der Waals surface area contributed by atoms with Crippen LogP contribution in [0, 0.1) is 17.0 Å². The van der Waals surface area contributed by atoms with Crippen molar-refractivity contribution >= 4 is 42.8 Å². The normalized spacial score (nSPS) is 16.4. The summed E-state index contributed by atoms with van der Waals surface area (Å²) in [5, 5.41) is 13.0. The van der Waals surface area contributed by atoms with E-state index in [2.05, 4.69) is 15.9 Å². The fraction of sp³-hybridized carbons (Fsp3) is 0.250. The summed E-state index contributed by atoms with van der Waals surface area (Å²) in [6.45, 7) is 1.29. The molecule has 2 atom stereocenters. The van der Waals surface area contributed by atoms with E-state index in [1.807, 2.05) is 0 Å². The third kappa shape index (κ3) is 5.23. The number of halogens is 4. The van der Waals surface area contributed by atoms with Gasteiger partial charge in [-0.05, 0) is 54.8 Å². The van der Waals surface area contributed by atoms with Crippen molar-refractivity contribution < 1.29 is 31.3 Å². The van der Waals surface area contributed by atoms with Crippen LogP contribution in [0.15, 0.2) is 82.2 Å². The zero-order valence-electron chi connectivity index (χ0n) is 21.5. The molecule has 0 radical (unpaired) electrons. The largest absolute Gasteiger partial charge is 0.471 e. The molecule has 0 saturated heterocycles. The first-order chi connectivity index (χ1) is 19.3. The maximum absolute atomic E-state index is 14.2. The second-order valence-corrected chi connectivity index (χ2v) is 12.5. The van der Waals surface area contributed by atoms with Crippen molar-refractivity contribution in [1.29, 1.82) is 0 Å². The molecule has 13 heteroatoms. The van der Waals surface area contributed by atoms with Gasteiger partial charge in [0, 0.05) is 27.7 Å². The summed E-state index contributed by atoms with van der Waals surface area (Å²) in [7, 11) is -4.48. The van der Waals surface area contributed by atoms with Gasteiger partial charge in [0.1, 0.15) is 6.04 Å². The molecule has 0 spiro atoms. The minimum absolute atomic E-state index is 0.132. The molecule has 0 saturated carbocycles. The van der Waals surface area contributed by atoms with Crippen molar-refractivity contribution in [1.82, 2.24) is 8.87 Å². The Morgan fingerprint density at radius 3 is 2.37 bits per heavy atom. The van der Waals surface area contributed by atoms with Crippen LogP contribution in [0.2, 0.25) is 0 Å². The van der Waals surface area contributed by atoms with Crippen LogP contribution in [0.1, 0.15) is 28.4 Å². The van der Waals surface area contributed by atoms with Gasteiger partial charge in [-0.1, -0.05) is 64.0 Å². The first-order valence-corrected chi connectivity index (χ1v) is 14.7. The molecule has 0 bridgehead atoms. The molecule has 4 aromatic rings. The van der Waals surface area contributed by atoms with Crippen LogP contribution in [0.5, 0.6) is 0 Å². The topological polar surface area (TPSA) is 103 Å². The zero-order chi connectivity index (χ0) is 29.7. The van der Waals surface area contributed by atoms with Crippen LogP contribution in [0.25, 0.3) is 10.9 Å². The van der Waals surface area contributed by atoms with Crippen LogP contribution in [0.3, 0.4) is 0 Å². The SMILES string of the molecule is Cc1ccc(S(=O)(=O)n2c3c(c4cc(Br)ccc42)CCN(C(=O)C(F)(F)F)C3[C@H](Cc2ccccc2)[N+](=O)[O-])cc1. The molecule has 0 N–H and O–H groups in total. The van der Waals surface area contributed by atoms with Crippen LogP contribution in [0.4, 0.5) is 13.2 Å². The molecule has 41 heavy (non-hydrogen) atoms. The number of carbonyl (C=O) groups excluding carboxylic acids is 1. The predicted octanol–water partition coefficient (Wildman–Crippen LogP) is 5.83. The lowest BCUT2D eigenvalue weighted by Crippen LogP contribution is -2.52. The Bertz CT molecular complexity index is 1760. The molecule has 1 unspecified atom stereocenters. The lowest BCUT2D eigenvalue weighted by atomic mass is 9.89. The Kier molecular flexibility index (Phi) is 7.45. The summed E-state index contributed by atoms with van der Waals surface area (Å²) < 4.78 is 71.5. The Hall–Kier alpha value is -3.71. The van der Waals surface area contributed by atoms with Crippen LogP contribution in [-0.4, -0.2) is 46.9 Å². The number of hydrogen-bond donors (Lipinski definition) is 0. The van der Waals surface area contributed by atoms with E-state index in [-0.39, 0.29) is 28.9 Å². The van der Waals surface area contributed by atoms with E-state index in [4.69, 9.17) is 0 Å². The second-order valence-electron chi connectivity index (χ2n) is 9.84. The van der Waals surface area contributed by atoms with Gasteiger partial charge < -0.3 is 4.90 Å². The predicted molar refractivity (Wildman–Crippen MR) is 149 cm³/mol. The van der Waals surface area contributed by atoms with Gasteiger partial charge in [0.2, 0.25) is 6.04 Å². The van der Waals surface area contributed by atoms with Crippen molar-refractivity contribution in [2.24, 2.45) is 0 Å². The summed E-state index contributed by atoms with van der Waals surface area (Å²) in [4.78, 5) is 24.9. The third-order valence-corrected chi connectivity index (χ3v) is 9.47. The molecule has 0 fully saturated rings. The Morgan fingerprint density at radius 2 is 1.76 bits per heavy atom. The monoisotopic (exact) mass is 649 g/mol. The van der Waals surface area contributed by atoms with E-state index in [1.54, 1.807) is 61.5 Å². The molecule has 2 heterocycles. The number of benzene rings is 3. The average Bonchev–Trinajstić information content (AvgIpc) is 3.25. The van der Waals surface area contributed by atoms with Gasteiger partial charge in [-0.2, -0.15) is 13.2 Å². The van der Waals surface area contributed by atoms with E-state index in [1.165, 1.54) is 18.2 Å². The standard InChI is InChI=1S/C28H23BrF3N3O5S/c1-17-7-10-20(11-8-17)41(39,40)34-23-12-9-19(29)16-22(23)21-13-14-33(27(36)28(30,31)32)26(25(21)34)24(35(37)38)15-18-5-3-2-4-6-18/h2-12,16,24,26H,13-15H2,1H3/t24-,26?/m0/s1. The maximum atomic E-state index is 14.2. The van der Waals surface area contributed by atoms with Crippen molar-refractivity contribution in [3.63, 3.8) is 0 Å². The second kappa shape index (κ2) is 10.6. The van der Waals surface area contributed by atoms with Crippen molar-refractivity contribution in [3.05, 3.63) is 110 Å². The number of nitrogens with zero attached hydrogens (tertiary/aromatic N) is 3. The van der Waals surface area contributed by atoms with Crippen LogP contribution < -0.4 is 0 Å². The number of aryl methyl sites for hydroxylation is 1. The van der Waals surface area contributed by atoms with Gasteiger partial charge in [0.25, 0.3) is 10.0 Å². The lowest BCUT2D eigenvalue weighted by molar-refractivity contribution is -0.531. The summed E-state index contributed by atoms with van der Waals surface area (Å²) in [6, 6.07) is 15.1. The van der Waals surface area contributed by atoms with E-state index in [0.717, 1.165) is 9.54 Å². The number of alkyl halides is 3. The molecule has 1 aliphatic heterocycles. The quantitative estimate of drug-likeness (QED) is 0.193. The Labute approximate surface area is 241 Å². The van der Waals surface area contributed by atoms with E-state index >= 15 is 0 Å². The Morgan fingerprint density at radius 1 is 1.10 bits per heavy atom. The zero-order valence-corrected chi connectivity index (χ0v) is 23.9. The number of fused-ring (bicyclic) bond motifs is 3. The first-order valence-electron chi connectivity index (χ1n) is 12.5. The van der Waals surface area contributed by atoms with E-state index in [0.29, 0.717) is 25.9 Å². The number of hydrogen-bond acceptors (Lipinski definition) is 5. The third-order valence-electron chi connectivity index (χ3n) is 7.23. The summed E-state index contributed by atoms with van der Waals surface area (Å²) in [5.74, 6) is -2.27. The van der Waals surface area contributed by atoms with Crippen LogP contribution >= 0.6 is 15.9 Å². The van der Waals surface area contributed by atoms with E-state index < -0.39 is 45.7 Å². The minimum atomic E-state index is -5.33. The highest BCUT2D eigenvalue weighted by Gasteiger charge is 2.53. The van der Waals surface area contributed by atoms with Gasteiger partial charge in [-0.25, -0.2) is 12.4 Å². The number of carbonyl (C=O) groups is 1. The molecule has 1 amide bonds. The minimum Gasteiger partial charge on any atom is -0.319 e. The molecule has 5 rings (SSSR count). The number of rotatable bonds is 6. The first kappa shape index (κ1) is 28.8. The molecular weight excluding hydrogens is 627 g/mol. The highest BCUT2D eigenvalue weighted by Crippen LogP contribution is 2.44. The van der Waals surface area contributed by atoms with Gasteiger partial charge in [-0.3, -0.25) is 14.9 Å². The number of aromatic nitrogens is 1. The van der Waals surface area contributed by atoms with Gasteiger partial charge >= 0.3 is 12.1 Å². The molecule has 1 aromatic heterocycles. The molecule has 8 nitrogen and oxygen atoms in total. The Balaban J connectivity index is 1.85. The van der Waals surface area contributed by atoms with E-state index in [9.17, 15) is 36.5 Å². The van der Waals surface area contributed by atoms with Gasteiger partial charge in [0.15, 0.2) is 0 Å². The average molecular weight is 650 g/mol. The fourth-order valence-electron chi connectivity index (χ4n) is 5.41. The molecule has 0 aliphatic carbocycles. The molecule has 3 aromatic carbocycles. The lowest BCUT2D eigenvalue weighted by Gasteiger charge is -2.38. The number of amides is 1. The maximum Gasteiger partial charge on any atom is 0.471 e. The van der Waals surface area contributed by atoms with Gasteiger partial charge in [-0.15, -0.1) is 0 Å². The van der Waals surface area contributed by atoms with Crippen molar-refractivity contribution in [3.8, 4) is 0 Å². The fourth-order valence-corrected chi connectivity index (χ4v) is 7.36. The highest BCUT2D eigenvalue weighted by molar-refractivity contribution is 9.10. The number of nitro groups is 1. The molecule has 1 aliphatic rings. The van der Waals surface area contributed by atoms with Crippen molar-refractivity contribution in [2.75, 3.05) is 6.54 Å². The smallest absolute Gasteiger partial charge is 0.319 e. The van der Waals surface area contributed by atoms with Crippen LogP contribution in [-0.2, 0) is 27.7 Å². The summed E-state index contributed by atoms with van der Waals surface area (Å²) >= 11 is 3.37. The van der Waals surface area contributed by atoms with Gasteiger partial charge in [0.05, 0.1) is 16.1 Å².